The summed E-state index contributed by atoms with van der Waals surface area (Å²) in [6.07, 6.45) is 0.729. The molecule has 1 heterocycles. The molecule has 1 amide bonds. The fraction of sp³-hybridized carbons (Fsp3) is 0.318. The lowest BCUT2D eigenvalue weighted by molar-refractivity contribution is -0.121. The van der Waals surface area contributed by atoms with E-state index in [1.165, 1.54) is 11.1 Å². The molecular weight excluding hydrogens is 352 g/mol. The van der Waals surface area contributed by atoms with Crippen molar-refractivity contribution in [2.45, 2.75) is 25.8 Å². The Morgan fingerprint density at radius 1 is 1.07 bits per heavy atom. The molecule has 0 bridgehead atoms. The maximum absolute atomic E-state index is 12.3. The van der Waals surface area contributed by atoms with Crippen molar-refractivity contribution in [3.8, 4) is 11.5 Å². The smallest absolute Gasteiger partial charge is 0.247 e. The standard InChI is InChI=1S/C22H26N4O2/c1-16-9-11-18(12-10-16)22-25-24-21(28-22)14-13-20(27)23-15-19(26(2)3)17-7-5-4-6-8-17/h4-12,19H,13-15H2,1-3H3,(H,23,27)/t19-/m0/s1. The van der Waals surface area contributed by atoms with Crippen LogP contribution < -0.4 is 5.32 Å². The maximum Gasteiger partial charge on any atom is 0.247 e. The second-order valence-electron chi connectivity index (χ2n) is 7.06. The number of hydrogen-bond acceptors (Lipinski definition) is 5. The Morgan fingerprint density at radius 2 is 1.79 bits per heavy atom. The minimum Gasteiger partial charge on any atom is -0.421 e. The molecule has 0 saturated carbocycles. The van der Waals surface area contributed by atoms with Crippen LogP contribution in [-0.2, 0) is 11.2 Å². The van der Waals surface area contributed by atoms with Crippen molar-refractivity contribution in [1.29, 1.82) is 0 Å². The van der Waals surface area contributed by atoms with Crippen LogP contribution in [0.5, 0.6) is 0 Å². The molecule has 1 N–H and O–H groups in total. The van der Waals surface area contributed by atoms with Gasteiger partial charge in [-0.15, -0.1) is 10.2 Å². The molecule has 0 unspecified atom stereocenters. The van der Waals surface area contributed by atoms with Crippen molar-refractivity contribution in [1.82, 2.24) is 20.4 Å². The van der Waals surface area contributed by atoms with Gasteiger partial charge in [-0.05, 0) is 38.7 Å². The van der Waals surface area contributed by atoms with Crippen molar-refractivity contribution in [2.75, 3.05) is 20.6 Å². The first-order valence-corrected chi connectivity index (χ1v) is 9.40. The van der Waals surface area contributed by atoms with E-state index in [4.69, 9.17) is 4.42 Å². The van der Waals surface area contributed by atoms with Gasteiger partial charge in [-0.3, -0.25) is 4.79 Å². The quantitative estimate of drug-likeness (QED) is 0.650. The Balaban J connectivity index is 1.51. The van der Waals surface area contributed by atoms with Gasteiger partial charge < -0.3 is 14.6 Å². The Hall–Kier alpha value is -2.99. The first-order chi connectivity index (χ1) is 13.5. The van der Waals surface area contributed by atoms with E-state index < -0.39 is 0 Å². The van der Waals surface area contributed by atoms with Gasteiger partial charge in [0, 0.05) is 24.9 Å². The average molecular weight is 378 g/mol. The Labute approximate surface area is 165 Å². The number of carbonyl (C=O) groups is 1. The summed E-state index contributed by atoms with van der Waals surface area (Å²) in [6, 6.07) is 18.2. The molecule has 3 rings (SSSR count). The van der Waals surface area contributed by atoms with Gasteiger partial charge in [0.2, 0.25) is 17.7 Å². The molecule has 2 aromatic carbocycles. The molecule has 0 radical (unpaired) electrons. The summed E-state index contributed by atoms with van der Waals surface area (Å²) in [6.45, 7) is 2.58. The summed E-state index contributed by atoms with van der Waals surface area (Å²) in [5.74, 6) is 0.919. The number of aromatic nitrogens is 2. The maximum atomic E-state index is 12.3. The highest BCUT2D eigenvalue weighted by molar-refractivity contribution is 5.76. The van der Waals surface area contributed by atoms with Crippen LogP contribution >= 0.6 is 0 Å². The van der Waals surface area contributed by atoms with Crippen LogP contribution in [0.2, 0.25) is 0 Å². The summed E-state index contributed by atoms with van der Waals surface area (Å²) < 4.78 is 5.68. The van der Waals surface area contributed by atoms with Crippen molar-refractivity contribution < 1.29 is 9.21 Å². The van der Waals surface area contributed by atoms with Crippen LogP contribution in [0.1, 0.15) is 29.5 Å². The minimum absolute atomic E-state index is 0.0298. The third kappa shape index (κ3) is 5.27. The van der Waals surface area contributed by atoms with E-state index in [1.807, 2.05) is 63.5 Å². The molecule has 3 aromatic rings. The minimum atomic E-state index is -0.0298. The van der Waals surface area contributed by atoms with Gasteiger partial charge in [-0.1, -0.05) is 48.0 Å². The molecule has 0 saturated heterocycles. The Bertz CT molecular complexity index is 888. The zero-order valence-corrected chi connectivity index (χ0v) is 16.6. The molecule has 0 aliphatic carbocycles. The topological polar surface area (TPSA) is 71.3 Å². The van der Waals surface area contributed by atoms with Gasteiger partial charge >= 0.3 is 0 Å². The highest BCUT2D eigenvalue weighted by atomic mass is 16.4. The zero-order valence-electron chi connectivity index (χ0n) is 16.6. The summed E-state index contributed by atoms with van der Waals surface area (Å²) in [5.41, 5.74) is 3.23. The van der Waals surface area contributed by atoms with Crippen LogP contribution in [0.4, 0.5) is 0 Å². The molecule has 1 atom stereocenters. The zero-order chi connectivity index (χ0) is 19.9. The van der Waals surface area contributed by atoms with Gasteiger partial charge in [-0.25, -0.2) is 0 Å². The van der Waals surface area contributed by atoms with E-state index in [0.29, 0.717) is 31.2 Å². The van der Waals surface area contributed by atoms with Crippen LogP contribution in [0.25, 0.3) is 11.5 Å². The lowest BCUT2D eigenvalue weighted by atomic mass is 10.1. The van der Waals surface area contributed by atoms with Gasteiger partial charge in [0.15, 0.2) is 0 Å². The molecule has 0 spiro atoms. The van der Waals surface area contributed by atoms with Crippen molar-refractivity contribution in [3.63, 3.8) is 0 Å². The van der Waals surface area contributed by atoms with Crippen LogP contribution in [0.3, 0.4) is 0 Å². The van der Waals surface area contributed by atoms with Crippen molar-refractivity contribution in [2.24, 2.45) is 0 Å². The molecule has 0 fully saturated rings. The van der Waals surface area contributed by atoms with Crippen LogP contribution in [0.15, 0.2) is 59.0 Å². The first kappa shape index (κ1) is 19.8. The monoisotopic (exact) mass is 378 g/mol. The molecule has 6 heteroatoms. The molecule has 146 valence electrons. The summed E-state index contributed by atoms with van der Waals surface area (Å²) >= 11 is 0. The third-order valence-electron chi connectivity index (χ3n) is 4.63. The predicted molar refractivity (Wildman–Crippen MR) is 109 cm³/mol. The second-order valence-corrected chi connectivity index (χ2v) is 7.06. The summed E-state index contributed by atoms with van der Waals surface area (Å²) in [4.78, 5) is 14.4. The Morgan fingerprint density at radius 3 is 2.46 bits per heavy atom. The van der Waals surface area contributed by atoms with E-state index in [-0.39, 0.29) is 11.9 Å². The van der Waals surface area contributed by atoms with Gasteiger partial charge in [0.25, 0.3) is 0 Å². The number of hydrogen-bond donors (Lipinski definition) is 1. The van der Waals surface area contributed by atoms with E-state index >= 15 is 0 Å². The summed E-state index contributed by atoms with van der Waals surface area (Å²) in [5, 5.41) is 11.1. The lowest BCUT2D eigenvalue weighted by Gasteiger charge is -2.25. The largest absolute Gasteiger partial charge is 0.421 e. The van der Waals surface area contributed by atoms with Crippen LogP contribution in [0, 0.1) is 6.92 Å². The highest BCUT2D eigenvalue weighted by Gasteiger charge is 2.16. The van der Waals surface area contributed by atoms with Gasteiger partial charge in [0.05, 0.1) is 6.04 Å². The predicted octanol–water partition coefficient (Wildman–Crippen LogP) is 3.40. The summed E-state index contributed by atoms with van der Waals surface area (Å²) in [7, 11) is 4.02. The van der Waals surface area contributed by atoms with Crippen molar-refractivity contribution in [3.05, 3.63) is 71.6 Å². The van der Waals surface area contributed by atoms with E-state index in [1.54, 1.807) is 0 Å². The Kier molecular flexibility index (Phi) is 6.55. The number of likely N-dealkylation sites (N-methyl/N-ethyl adjacent to an activating group) is 1. The molecule has 6 nitrogen and oxygen atoms in total. The molecule has 28 heavy (non-hydrogen) atoms. The van der Waals surface area contributed by atoms with E-state index in [2.05, 4.69) is 32.5 Å². The van der Waals surface area contributed by atoms with Gasteiger partial charge in [-0.2, -0.15) is 0 Å². The normalized spacial score (nSPS) is 12.1. The van der Waals surface area contributed by atoms with E-state index in [0.717, 1.165) is 5.56 Å². The third-order valence-corrected chi connectivity index (χ3v) is 4.63. The average Bonchev–Trinajstić information content (AvgIpc) is 3.17. The SMILES string of the molecule is Cc1ccc(-c2nnc(CCC(=O)NC[C@@H](c3ccccc3)N(C)C)o2)cc1. The fourth-order valence-corrected chi connectivity index (χ4v) is 2.96. The number of benzene rings is 2. The number of rotatable bonds is 8. The number of nitrogens with zero attached hydrogens (tertiary/aromatic N) is 3. The lowest BCUT2D eigenvalue weighted by Crippen LogP contribution is -2.34. The molecule has 1 aromatic heterocycles. The first-order valence-electron chi connectivity index (χ1n) is 9.40. The van der Waals surface area contributed by atoms with E-state index in [9.17, 15) is 4.79 Å². The molecular formula is C22H26N4O2. The van der Waals surface area contributed by atoms with Crippen molar-refractivity contribution >= 4 is 5.91 Å². The van der Waals surface area contributed by atoms with Gasteiger partial charge in [0.1, 0.15) is 0 Å². The second kappa shape index (κ2) is 9.28. The number of aryl methyl sites for hydroxylation is 2. The molecule has 0 aliphatic heterocycles. The molecule has 0 aliphatic rings. The number of carbonyl (C=O) groups excluding carboxylic acids is 1. The van der Waals surface area contributed by atoms with Crippen LogP contribution in [-0.4, -0.2) is 41.6 Å². The number of amides is 1. The fourth-order valence-electron chi connectivity index (χ4n) is 2.96. The highest BCUT2D eigenvalue weighted by Crippen LogP contribution is 2.19. The number of nitrogens with one attached hydrogen (secondary N) is 1.